The molecule has 4 N–H and O–H groups in total. The topological polar surface area (TPSA) is 125 Å². The van der Waals surface area contributed by atoms with E-state index in [2.05, 4.69) is 16.0 Å². The van der Waals surface area contributed by atoms with Crippen LogP contribution in [0.3, 0.4) is 0 Å². The Labute approximate surface area is 239 Å². The molecule has 0 aliphatic rings. The van der Waals surface area contributed by atoms with Crippen LogP contribution in [0.5, 0.6) is 0 Å². The summed E-state index contributed by atoms with van der Waals surface area (Å²) in [5.41, 5.74) is 2.37. The number of amides is 3. The molecule has 1 aromatic heterocycles. The SMILES string of the molecule is Cc1ccc(C(=O)O)cc1NC(=O)CSc1ccc(NC(=O)/C(=C/c2cccs2)NC(=O)c2ccccc2)cc1. The second kappa shape index (κ2) is 13.4. The number of aromatic carboxylic acids is 1. The molecular formula is C30H25N3O5S2. The van der Waals surface area contributed by atoms with E-state index in [1.807, 2.05) is 17.5 Å². The molecule has 8 nitrogen and oxygen atoms in total. The average Bonchev–Trinajstić information content (AvgIpc) is 3.47. The smallest absolute Gasteiger partial charge is 0.335 e. The van der Waals surface area contributed by atoms with Gasteiger partial charge in [-0.3, -0.25) is 14.4 Å². The molecule has 3 aromatic carbocycles. The third-order valence-electron chi connectivity index (χ3n) is 5.60. The van der Waals surface area contributed by atoms with Gasteiger partial charge in [-0.1, -0.05) is 30.3 Å². The second-order valence-corrected chi connectivity index (χ2v) is 10.6. The molecule has 0 saturated carbocycles. The number of carboxylic acid groups (broad SMARTS) is 1. The molecule has 10 heteroatoms. The normalized spacial score (nSPS) is 11.0. The summed E-state index contributed by atoms with van der Waals surface area (Å²) in [6, 6.07) is 23.9. The Morgan fingerprint density at radius 2 is 1.62 bits per heavy atom. The number of anilines is 2. The number of carbonyl (C=O) groups excluding carboxylic acids is 3. The molecule has 40 heavy (non-hydrogen) atoms. The number of hydrogen-bond donors (Lipinski definition) is 4. The zero-order chi connectivity index (χ0) is 28.5. The predicted octanol–water partition coefficient (Wildman–Crippen LogP) is 5.90. The molecule has 0 atom stereocenters. The predicted molar refractivity (Wildman–Crippen MR) is 159 cm³/mol. The maximum atomic E-state index is 13.1. The highest BCUT2D eigenvalue weighted by atomic mass is 32.2. The molecule has 4 aromatic rings. The molecule has 0 spiro atoms. The third kappa shape index (κ3) is 7.92. The monoisotopic (exact) mass is 571 g/mol. The van der Waals surface area contributed by atoms with Gasteiger partial charge in [-0.25, -0.2) is 4.79 Å². The minimum atomic E-state index is -1.07. The van der Waals surface area contributed by atoms with Crippen LogP contribution in [0.25, 0.3) is 6.08 Å². The fraction of sp³-hybridized carbons (Fsp3) is 0.0667. The van der Waals surface area contributed by atoms with Crippen LogP contribution in [-0.2, 0) is 9.59 Å². The number of carbonyl (C=O) groups is 4. The Morgan fingerprint density at radius 3 is 2.30 bits per heavy atom. The van der Waals surface area contributed by atoms with Gasteiger partial charge in [0.2, 0.25) is 5.91 Å². The van der Waals surface area contributed by atoms with Crippen molar-refractivity contribution in [2.45, 2.75) is 11.8 Å². The Morgan fingerprint density at radius 1 is 0.875 bits per heavy atom. The van der Waals surface area contributed by atoms with Gasteiger partial charge in [0.15, 0.2) is 0 Å². The standard InChI is InChI=1S/C30H25N3O5S2/c1-19-9-10-21(30(37)38)16-25(19)32-27(34)18-40-23-13-11-22(12-14-23)31-29(36)26(17-24-8-5-15-39-24)33-28(35)20-6-3-2-4-7-20/h2-17H,18H2,1H3,(H,31,36)(H,32,34)(H,33,35)(H,37,38)/b26-17-. The minimum Gasteiger partial charge on any atom is -0.478 e. The first kappa shape index (κ1) is 28.3. The second-order valence-electron chi connectivity index (χ2n) is 8.54. The molecule has 0 aliphatic carbocycles. The van der Waals surface area contributed by atoms with Gasteiger partial charge in [0, 0.05) is 26.7 Å². The van der Waals surface area contributed by atoms with Crippen molar-refractivity contribution in [2.75, 3.05) is 16.4 Å². The lowest BCUT2D eigenvalue weighted by Crippen LogP contribution is -2.30. The van der Waals surface area contributed by atoms with E-state index in [9.17, 15) is 24.3 Å². The molecule has 3 amide bonds. The van der Waals surface area contributed by atoms with E-state index in [0.29, 0.717) is 16.9 Å². The number of hydrogen-bond acceptors (Lipinski definition) is 6. The van der Waals surface area contributed by atoms with E-state index < -0.39 is 17.8 Å². The molecule has 0 unspecified atom stereocenters. The highest BCUT2D eigenvalue weighted by Crippen LogP contribution is 2.23. The van der Waals surface area contributed by atoms with Crippen LogP contribution in [-0.4, -0.2) is 34.6 Å². The summed E-state index contributed by atoms with van der Waals surface area (Å²) < 4.78 is 0. The van der Waals surface area contributed by atoms with Gasteiger partial charge in [-0.15, -0.1) is 23.1 Å². The number of nitrogens with one attached hydrogen (secondary N) is 3. The summed E-state index contributed by atoms with van der Waals surface area (Å²) >= 11 is 2.74. The van der Waals surface area contributed by atoms with Crippen LogP contribution < -0.4 is 16.0 Å². The summed E-state index contributed by atoms with van der Waals surface area (Å²) in [5.74, 6) is -2.10. The first-order valence-corrected chi connectivity index (χ1v) is 13.9. The van der Waals surface area contributed by atoms with Crippen molar-refractivity contribution in [3.8, 4) is 0 Å². The number of thioether (sulfide) groups is 1. The quantitative estimate of drug-likeness (QED) is 0.139. The lowest BCUT2D eigenvalue weighted by Gasteiger charge is -2.12. The van der Waals surface area contributed by atoms with Gasteiger partial charge in [0.25, 0.3) is 11.8 Å². The zero-order valence-corrected chi connectivity index (χ0v) is 23.0. The Balaban J connectivity index is 1.36. The van der Waals surface area contributed by atoms with Gasteiger partial charge < -0.3 is 21.1 Å². The van der Waals surface area contributed by atoms with Gasteiger partial charge >= 0.3 is 5.97 Å². The first-order valence-electron chi connectivity index (χ1n) is 12.1. The fourth-order valence-corrected chi connectivity index (χ4v) is 4.87. The number of rotatable bonds is 10. The molecule has 0 bridgehead atoms. The largest absolute Gasteiger partial charge is 0.478 e. The third-order valence-corrected chi connectivity index (χ3v) is 7.43. The van der Waals surface area contributed by atoms with Crippen LogP contribution in [0.2, 0.25) is 0 Å². The zero-order valence-electron chi connectivity index (χ0n) is 21.3. The van der Waals surface area contributed by atoms with Crippen LogP contribution >= 0.6 is 23.1 Å². The maximum absolute atomic E-state index is 13.1. The number of aryl methyl sites for hydroxylation is 1. The van der Waals surface area contributed by atoms with Crippen molar-refractivity contribution in [3.63, 3.8) is 0 Å². The Bertz CT molecular complexity index is 1550. The van der Waals surface area contributed by atoms with Crippen molar-refractivity contribution in [2.24, 2.45) is 0 Å². The summed E-state index contributed by atoms with van der Waals surface area (Å²) in [5, 5.41) is 19.3. The van der Waals surface area contributed by atoms with E-state index in [4.69, 9.17) is 0 Å². The van der Waals surface area contributed by atoms with E-state index in [1.165, 1.54) is 35.2 Å². The van der Waals surface area contributed by atoms with E-state index >= 15 is 0 Å². The highest BCUT2D eigenvalue weighted by Gasteiger charge is 2.16. The van der Waals surface area contributed by atoms with Gasteiger partial charge in [-0.05, 0) is 78.5 Å². The van der Waals surface area contributed by atoms with Crippen molar-refractivity contribution in [1.29, 1.82) is 0 Å². The van der Waals surface area contributed by atoms with Crippen molar-refractivity contribution in [1.82, 2.24) is 5.32 Å². The van der Waals surface area contributed by atoms with Crippen molar-refractivity contribution >= 4 is 64.2 Å². The molecule has 0 saturated heterocycles. The molecular weight excluding hydrogens is 546 g/mol. The van der Waals surface area contributed by atoms with Crippen LogP contribution in [0.1, 0.15) is 31.2 Å². The van der Waals surface area contributed by atoms with Crippen molar-refractivity contribution in [3.05, 3.63) is 118 Å². The van der Waals surface area contributed by atoms with E-state index in [1.54, 1.807) is 73.7 Å². The lowest BCUT2D eigenvalue weighted by atomic mass is 10.1. The minimum absolute atomic E-state index is 0.0965. The van der Waals surface area contributed by atoms with Gasteiger partial charge in [-0.2, -0.15) is 0 Å². The maximum Gasteiger partial charge on any atom is 0.335 e. The van der Waals surface area contributed by atoms with Crippen LogP contribution in [0.15, 0.2) is 101 Å². The fourth-order valence-electron chi connectivity index (χ4n) is 3.52. The molecule has 4 rings (SSSR count). The number of thiophene rings is 1. The van der Waals surface area contributed by atoms with Crippen LogP contribution in [0.4, 0.5) is 11.4 Å². The van der Waals surface area contributed by atoms with Gasteiger partial charge in [0.05, 0.1) is 11.3 Å². The molecule has 0 radical (unpaired) electrons. The average molecular weight is 572 g/mol. The van der Waals surface area contributed by atoms with Gasteiger partial charge in [0.1, 0.15) is 5.70 Å². The Kier molecular flexibility index (Phi) is 9.50. The molecule has 202 valence electrons. The summed E-state index contributed by atoms with van der Waals surface area (Å²) in [6.45, 7) is 1.79. The summed E-state index contributed by atoms with van der Waals surface area (Å²) in [6.07, 6.45) is 1.62. The van der Waals surface area contributed by atoms with E-state index in [-0.39, 0.29) is 22.9 Å². The number of carboxylic acids is 1. The first-order chi connectivity index (χ1) is 19.3. The summed E-state index contributed by atoms with van der Waals surface area (Å²) in [4.78, 5) is 51.1. The lowest BCUT2D eigenvalue weighted by molar-refractivity contribution is -0.114. The van der Waals surface area contributed by atoms with Crippen LogP contribution in [0, 0.1) is 6.92 Å². The Hall–Kier alpha value is -4.67. The highest BCUT2D eigenvalue weighted by molar-refractivity contribution is 8.00. The molecule has 1 heterocycles. The molecule has 0 aliphatic heterocycles. The summed E-state index contributed by atoms with van der Waals surface area (Å²) in [7, 11) is 0. The molecule has 0 fully saturated rings. The number of benzene rings is 3. The van der Waals surface area contributed by atoms with Crippen molar-refractivity contribution < 1.29 is 24.3 Å². The van der Waals surface area contributed by atoms with E-state index in [0.717, 1.165) is 15.3 Å².